The molecule has 3 aromatic rings. The van der Waals surface area contributed by atoms with Crippen molar-refractivity contribution in [1.82, 2.24) is 20.4 Å². The number of carbonyl (C=O) groups excluding carboxylic acids is 1. The first-order chi connectivity index (χ1) is 16.2. The van der Waals surface area contributed by atoms with Crippen LogP contribution in [0.5, 0.6) is 0 Å². The number of aromatic nitrogens is 2. The molecule has 4 rings (SSSR count). The van der Waals surface area contributed by atoms with Crippen LogP contribution in [0.15, 0.2) is 72.0 Å². The summed E-state index contributed by atoms with van der Waals surface area (Å²) in [5.74, 6) is 1.10. The summed E-state index contributed by atoms with van der Waals surface area (Å²) < 4.78 is 1.85. The van der Waals surface area contributed by atoms with Gasteiger partial charge in [0.1, 0.15) is 0 Å². The molecule has 33 heavy (non-hydrogen) atoms. The minimum absolute atomic E-state index is 0.134. The van der Waals surface area contributed by atoms with Crippen LogP contribution >= 0.6 is 0 Å². The maximum absolute atomic E-state index is 12.2. The Bertz CT molecular complexity index is 1050. The van der Waals surface area contributed by atoms with Gasteiger partial charge in [0.25, 0.3) is 0 Å². The normalized spacial score (nSPS) is 13.9. The number of benzene rings is 2. The molecule has 1 aliphatic rings. The third-order valence-electron chi connectivity index (χ3n) is 5.85. The van der Waals surface area contributed by atoms with Crippen LogP contribution in [-0.2, 0) is 17.8 Å². The summed E-state index contributed by atoms with van der Waals surface area (Å²) >= 11 is 0. The van der Waals surface area contributed by atoms with Crippen LogP contribution in [0.4, 0.5) is 5.69 Å². The largest absolute Gasteiger partial charge is 0.357 e. The molecule has 7 heteroatoms. The van der Waals surface area contributed by atoms with Crippen LogP contribution in [0.2, 0.25) is 0 Å². The quantitative estimate of drug-likeness (QED) is 0.345. The van der Waals surface area contributed by atoms with Crippen LogP contribution in [0.25, 0.3) is 5.69 Å². The van der Waals surface area contributed by atoms with Crippen molar-refractivity contribution in [3.8, 4) is 5.69 Å². The van der Waals surface area contributed by atoms with Gasteiger partial charge in [-0.3, -0.25) is 4.79 Å². The summed E-state index contributed by atoms with van der Waals surface area (Å²) in [5, 5.41) is 14.0. The minimum Gasteiger partial charge on any atom is -0.357 e. The van der Waals surface area contributed by atoms with Gasteiger partial charge in [-0.15, -0.1) is 0 Å². The second-order valence-corrected chi connectivity index (χ2v) is 8.31. The topological polar surface area (TPSA) is 83.3 Å². The average Bonchev–Trinajstić information content (AvgIpc) is 3.32. The van der Waals surface area contributed by atoms with Crippen molar-refractivity contribution in [3.05, 3.63) is 78.1 Å². The summed E-state index contributed by atoms with van der Waals surface area (Å²) in [5.41, 5.74) is 4.21. The second-order valence-electron chi connectivity index (χ2n) is 8.31. The van der Waals surface area contributed by atoms with Crippen molar-refractivity contribution >= 4 is 17.6 Å². The zero-order chi connectivity index (χ0) is 22.9. The number of nitrogens with zero attached hydrogens (tertiary/aromatic N) is 3. The fourth-order valence-electron chi connectivity index (χ4n) is 3.74. The first-order valence-corrected chi connectivity index (χ1v) is 11.7. The van der Waals surface area contributed by atoms with Crippen molar-refractivity contribution in [2.45, 2.75) is 39.2 Å². The van der Waals surface area contributed by atoms with E-state index in [2.05, 4.69) is 52.2 Å². The Balaban J connectivity index is 1.28. The Labute approximate surface area is 195 Å². The highest BCUT2D eigenvalue weighted by atomic mass is 16.1. The van der Waals surface area contributed by atoms with Gasteiger partial charge >= 0.3 is 0 Å². The Morgan fingerprint density at radius 3 is 2.64 bits per heavy atom. The Kier molecular flexibility index (Phi) is 7.74. The third-order valence-corrected chi connectivity index (χ3v) is 5.85. The number of anilines is 1. The molecule has 0 unspecified atom stereocenters. The molecule has 172 valence electrons. The van der Waals surface area contributed by atoms with Gasteiger partial charge in [0.05, 0.1) is 12.2 Å². The number of hydrogen-bond acceptors (Lipinski definition) is 3. The molecule has 1 aliphatic carbocycles. The summed E-state index contributed by atoms with van der Waals surface area (Å²) in [6, 6.07) is 18.3. The minimum atomic E-state index is 0.134. The van der Waals surface area contributed by atoms with E-state index in [1.54, 1.807) is 6.20 Å². The fourth-order valence-corrected chi connectivity index (χ4v) is 3.74. The molecule has 1 aromatic heterocycles. The molecule has 0 spiro atoms. The number of aliphatic imine (C=N–C) groups is 1. The Hall–Kier alpha value is -3.61. The first kappa shape index (κ1) is 22.6. The Morgan fingerprint density at radius 2 is 1.94 bits per heavy atom. The van der Waals surface area contributed by atoms with Crippen molar-refractivity contribution in [1.29, 1.82) is 0 Å². The monoisotopic (exact) mass is 444 g/mol. The molecule has 7 nitrogen and oxygen atoms in total. The molecular formula is C26H32N6O. The zero-order valence-electron chi connectivity index (χ0n) is 19.1. The van der Waals surface area contributed by atoms with Gasteiger partial charge in [0, 0.05) is 37.1 Å². The molecule has 2 aromatic carbocycles. The number of hydrogen-bond donors (Lipinski definition) is 3. The fraction of sp³-hybridized carbons (Fsp3) is 0.346. The van der Waals surface area contributed by atoms with Gasteiger partial charge in [-0.1, -0.05) is 30.7 Å². The van der Waals surface area contributed by atoms with E-state index in [4.69, 9.17) is 4.99 Å². The van der Waals surface area contributed by atoms with E-state index in [9.17, 15) is 4.79 Å². The molecule has 1 heterocycles. The smallest absolute Gasteiger partial charge is 0.227 e. The highest BCUT2D eigenvalue weighted by Crippen LogP contribution is 2.27. The highest BCUT2D eigenvalue weighted by molar-refractivity contribution is 5.93. The van der Waals surface area contributed by atoms with Crippen LogP contribution in [0, 0.1) is 5.92 Å². The van der Waals surface area contributed by atoms with Crippen molar-refractivity contribution in [3.63, 3.8) is 0 Å². The number of nitrogens with one attached hydrogen (secondary N) is 3. The van der Waals surface area contributed by atoms with E-state index in [1.165, 1.54) is 5.56 Å². The third kappa shape index (κ3) is 6.44. The number of rotatable bonds is 9. The number of guanidine groups is 1. The predicted octanol–water partition coefficient (Wildman–Crippen LogP) is 3.91. The molecule has 3 N–H and O–H groups in total. The Morgan fingerprint density at radius 1 is 1.09 bits per heavy atom. The van der Waals surface area contributed by atoms with Gasteiger partial charge in [-0.2, -0.15) is 5.10 Å². The summed E-state index contributed by atoms with van der Waals surface area (Å²) in [6.07, 6.45) is 7.77. The van der Waals surface area contributed by atoms with Crippen LogP contribution in [0.1, 0.15) is 37.3 Å². The van der Waals surface area contributed by atoms with Crippen LogP contribution in [0.3, 0.4) is 0 Å². The highest BCUT2D eigenvalue weighted by Gasteiger charge is 2.25. The lowest BCUT2D eigenvalue weighted by atomic mass is 9.85. The van der Waals surface area contributed by atoms with E-state index in [1.807, 2.05) is 41.2 Å². The summed E-state index contributed by atoms with van der Waals surface area (Å²) in [7, 11) is 0. The first-order valence-electron chi connectivity index (χ1n) is 11.7. The molecule has 0 bridgehead atoms. The van der Waals surface area contributed by atoms with E-state index < -0.39 is 0 Å². The van der Waals surface area contributed by atoms with Gasteiger partial charge < -0.3 is 16.0 Å². The summed E-state index contributed by atoms with van der Waals surface area (Å²) in [6.45, 7) is 4.18. The standard InChI is InChI=1S/C26H32N6O/c1-2-27-26(28-16-14-20-10-12-24(13-11-20)32-17-5-15-30-32)29-19-21-6-3-9-23(18-21)31-25(33)22-7-4-8-22/h3,5-6,9-13,15,17-18,22H,2,4,7-8,14,16,19H2,1H3,(H,31,33)(H2,27,28,29). The van der Waals surface area contributed by atoms with Gasteiger partial charge in [-0.05, 0) is 67.6 Å². The predicted molar refractivity (Wildman–Crippen MR) is 132 cm³/mol. The molecular weight excluding hydrogens is 412 g/mol. The number of carbonyl (C=O) groups is 1. The SMILES string of the molecule is CCNC(=NCc1cccc(NC(=O)C2CCC2)c1)NCCc1ccc(-n2cccn2)cc1. The second kappa shape index (κ2) is 11.3. The molecule has 1 fully saturated rings. The molecule has 0 aliphatic heterocycles. The van der Waals surface area contributed by atoms with E-state index in [0.29, 0.717) is 6.54 Å². The maximum Gasteiger partial charge on any atom is 0.227 e. The van der Waals surface area contributed by atoms with E-state index in [-0.39, 0.29) is 11.8 Å². The van der Waals surface area contributed by atoms with E-state index in [0.717, 1.165) is 61.7 Å². The van der Waals surface area contributed by atoms with Gasteiger partial charge in [0.15, 0.2) is 5.96 Å². The molecule has 0 saturated heterocycles. The summed E-state index contributed by atoms with van der Waals surface area (Å²) in [4.78, 5) is 16.9. The van der Waals surface area contributed by atoms with Crippen LogP contribution in [-0.4, -0.2) is 34.7 Å². The molecule has 0 atom stereocenters. The molecule has 1 saturated carbocycles. The van der Waals surface area contributed by atoms with Gasteiger partial charge in [0.2, 0.25) is 5.91 Å². The lowest BCUT2D eigenvalue weighted by molar-refractivity contribution is -0.122. The van der Waals surface area contributed by atoms with Crippen LogP contribution < -0.4 is 16.0 Å². The van der Waals surface area contributed by atoms with Crippen molar-refractivity contribution in [2.75, 3.05) is 18.4 Å². The lowest BCUT2D eigenvalue weighted by Gasteiger charge is -2.24. The van der Waals surface area contributed by atoms with E-state index >= 15 is 0 Å². The maximum atomic E-state index is 12.2. The molecule has 0 radical (unpaired) electrons. The molecule has 1 amide bonds. The zero-order valence-corrected chi connectivity index (χ0v) is 19.1. The van der Waals surface area contributed by atoms with Crippen molar-refractivity contribution in [2.24, 2.45) is 10.9 Å². The van der Waals surface area contributed by atoms with Gasteiger partial charge in [-0.25, -0.2) is 9.67 Å². The number of amides is 1. The lowest BCUT2D eigenvalue weighted by Crippen LogP contribution is -2.38. The van der Waals surface area contributed by atoms with Crippen molar-refractivity contribution < 1.29 is 4.79 Å². The average molecular weight is 445 g/mol.